The normalized spacial score (nSPS) is 13.8. The van der Waals surface area contributed by atoms with Crippen LogP contribution in [0, 0.1) is 0 Å². The molecule has 2 amide bonds. The van der Waals surface area contributed by atoms with E-state index in [-0.39, 0.29) is 12.5 Å². The summed E-state index contributed by atoms with van der Waals surface area (Å²) in [7, 11) is 1.45. The molecule has 1 rings (SSSR count). The number of aliphatic hydroxyl groups is 1. The zero-order valence-corrected chi connectivity index (χ0v) is 18.9. The molecule has 0 aliphatic carbocycles. The lowest BCUT2D eigenvalue weighted by molar-refractivity contribution is -0.141. The molecule has 0 saturated heterocycles. The number of aliphatic hydroxyl groups excluding tert-OH is 1. The van der Waals surface area contributed by atoms with Gasteiger partial charge < -0.3 is 30.0 Å². The maximum Gasteiger partial charge on any atom is 0.407 e. The van der Waals surface area contributed by atoms with Crippen LogP contribution in [0.5, 0.6) is 5.75 Å². The molecule has 0 radical (unpaired) electrons. The van der Waals surface area contributed by atoms with E-state index in [0.717, 1.165) is 0 Å². The van der Waals surface area contributed by atoms with Crippen LogP contribution in [-0.4, -0.2) is 60.7 Å². The molecule has 1 aromatic rings. The van der Waals surface area contributed by atoms with Gasteiger partial charge in [0.05, 0.1) is 6.04 Å². The average Bonchev–Trinajstić information content (AvgIpc) is 2.67. The number of benzene rings is 1. The van der Waals surface area contributed by atoms with Crippen molar-refractivity contribution in [3.8, 4) is 5.75 Å². The van der Waals surface area contributed by atoms with Crippen LogP contribution >= 0.6 is 0 Å². The summed E-state index contributed by atoms with van der Waals surface area (Å²) in [5.41, 5.74) is -1.61. The molecule has 0 spiro atoms. The highest BCUT2D eigenvalue weighted by molar-refractivity contribution is 5.84. The first-order valence-corrected chi connectivity index (χ1v) is 10.1. The number of para-hydroxylation sites is 1. The zero-order valence-electron chi connectivity index (χ0n) is 18.9. The van der Waals surface area contributed by atoms with Crippen molar-refractivity contribution in [2.45, 2.75) is 70.8 Å². The molecule has 0 aromatic heterocycles. The first-order valence-electron chi connectivity index (χ1n) is 10.1. The second-order valence-electron chi connectivity index (χ2n) is 8.56. The highest BCUT2D eigenvalue weighted by atomic mass is 16.6. The van der Waals surface area contributed by atoms with E-state index in [1.165, 1.54) is 7.11 Å². The molecular weight excluding hydrogens is 388 g/mol. The maximum absolute atomic E-state index is 12.5. The van der Waals surface area contributed by atoms with E-state index in [1.54, 1.807) is 46.8 Å². The number of ether oxygens (including phenoxy) is 3. The fourth-order valence-electron chi connectivity index (χ4n) is 2.44. The molecule has 0 saturated carbocycles. The summed E-state index contributed by atoms with van der Waals surface area (Å²) in [4.78, 5) is 24.3. The molecule has 0 fully saturated rings. The van der Waals surface area contributed by atoms with Crippen LogP contribution in [0.3, 0.4) is 0 Å². The number of hydrogen-bond donors (Lipinski definition) is 3. The molecule has 8 heteroatoms. The van der Waals surface area contributed by atoms with E-state index in [4.69, 9.17) is 14.2 Å². The Hall–Kier alpha value is -2.32. The fraction of sp³-hybridized carbons (Fsp3) is 0.636. The summed E-state index contributed by atoms with van der Waals surface area (Å²) >= 11 is 0. The van der Waals surface area contributed by atoms with Gasteiger partial charge in [0.2, 0.25) is 0 Å². The molecular formula is C22H36N2O6. The van der Waals surface area contributed by atoms with Gasteiger partial charge in [-0.25, -0.2) is 4.79 Å². The smallest absolute Gasteiger partial charge is 0.407 e. The molecule has 30 heavy (non-hydrogen) atoms. The van der Waals surface area contributed by atoms with Crippen LogP contribution < -0.4 is 15.4 Å². The number of rotatable bonds is 11. The van der Waals surface area contributed by atoms with Crippen molar-refractivity contribution in [3.05, 3.63) is 30.3 Å². The number of hydrogen-bond acceptors (Lipinski definition) is 6. The molecule has 0 bridgehead atoms. The van der Waals surface area contributed by atoms with Crippen molar-refractivity contribution in [2.24, 2.45) is 0 Å². The summed E-state index contributed by atoms with van der Waals surface area (Å²) in [6, 6.07) is 8.56. The summed E-state index contributed by atoms with van der Waals surface area (Å²) in [5.74, 6) is 0.291. The number of carbonyl (C=O) groups excluding carboxylic acids is 2. The first kappa shape index (κ1) is 25.7. The van der Waals surface area contributed by atoms with E-state index in [0.29, 0.717) is 25.1 Å². The van der Waals surface area contributed by atoms with Crippen molar-refractivity contribution in [3.63, 3.8) is 0 Å². The predicted octanol–water partition coefficient (Wildman–Crippen LogP) is 2.64. The monoisotopic (exact) mass is 424 g/mol. The number of methoxy groups -OCH3 is 1. The summed E-state index contributed by atoms with van der Waals surface area (Å²) in [6.45, 7) is 9.03. The topological polar surface area (TPSA) is 106 Å². The number of carbonyl (C=O) groups is 2. The third-order valence-electron chi connectivity index (χ3n) is 4.36. The lowest BCUT2D eigenvalue weighted by Crippen LogP contribution is -2.53. The summed E-state index contributed by atoms with van der Waals surface area (Å²) in [5, 5.41) is 16.1. The van der Waals surface area contributed by atoms with Crippen LogP contribution in [-0.2, 0) is 14.3 Å². The van der Waals surface area contributed by atoms with Crippen molar-refractivity contribution in [1.29, 1.82) is 0 Å². The van der Waals surface area contributed by atoms with Gasteiger partial charge in [0.1, 0.15) is 29.7 Å². The first-order chi connectivity index (χ1) is 13.9. The molecule has 1 unspecified atom stereocenters. The van der Waals surface area contributed by atoms with Gasteiger partial charge in [0.15, 0.2) is 0 Å². The van der Waals surface area contributed by atoms with Crippen LogP contribution in [0.25, 0.3) is 0 Å². The van der Waals surface area contributed by atoms with E-state index in [1.807, 2.05) is 18.2 Å². The third kappa shape index (κ3) is 9.93. The molecule has 0 heterocycles. The van der Waals surface area contributed by atoms with Gasteiger partial charge >= 0.3 is 6.09 Å². The zero-order chi connectivity index (χ0) is 22.8. The van der Waals surface area contributed by atoms with E-state index >= 15 is 0 Å². The second kappa shape index (κ2) is 11.8. The van der Waals surface area contributed by atoms with E-state index in [9.17, 15) is 14.7 Å². The van der Waals surface area contributed by atoms with Gasteiger partial charge in [0, 0.05) is 13.7 Å². The van der Waals surface area contributed by atoms with Crippen molar-refractivity contribution in [1.82, 2.24) is 10.6 Å². The van der Waals surface area contributed by atoms with E-state index < -0.39 is 29.4 Å². The fourth-order valence-corrected chi connectivity index (χ4v) is 2.44. The Kier molecular flexibility index (Phi) is 10.1. The highest BCUT2D eigenvalue weighted by Gasteiger charge is 2.31. The van der Waals surface area contributed by atoms with Gasteiger partial charge in [-0.2, -0.15) is 0 Å². The summed E-state index contributed by atoms with van der Waals surface area (Å²) in [6.07, 6.45) is -0.486. The third-order valence-corrected chi connectivity index (χ3v) is 4.36. The summed E-state index contributed by atoms with van der Waals surface area (Å²) < 4.78 is 16.0. The maximum atomic E-state index is 12.5. The van der Waals surface area contributed by atoms with Gasteiger partial charge in [-0.05, 0) is 59.6 Å². The quantitative estimate of drug-likeness (QED) is 0.472. The van der Waals surface area contributed by atoms with Gasteiger partial charge in [-0.1, -0.05) is 18.2 Å². The number of amides is 2. The Balaban J connectivity index is 2.63. The Morgan fingerprint density at radius 2 is 1.73 bits per heavy atom. The van der Waals surface area contributed by atoms with Gasteiger partial charge in [0.25, 0.3) is 5.91 Å². The van der Waals surface area contributed by atoms with Crippen LogP contribution in [0.1, 0.15) is 47.5 Å². The number of alkyl carbamates (subject to hydrolysis) is 1. The Bertz CT molecular complexity index is 657. The average molecular weight is 425 g/mol. The largest absolute Gasteiger partial charge is 0.491 e. The molecule has 3 N–H and O–H groups in total. The van der Waals surface area contributed by atoms with Crippen molar-refractivity contribution < 1.29 is 28.9 Å². The van der Waals surface area contributed by atoms with Gasteiger partial charge in [-0.15, -0.1) is 0 Å². The standard InChI is InChI=1S/C22H36N2O6/c1-21(2,3)30-20(27)23-14-10-13-17(24-19(26)22(4,5)28-6)18(25)15-29-16-11-8-7-9-12-16/h7-9,11-12,17-18,25H,10,13-15H2,1-6H3,(H,23,27)(H,24,26)/t17-,18?/m0/s1. The van der Waals surface area contributed by atoms with Crippen LogP contribution in [0.15, 0.2) is 30.3 Å². The number of nitrogens with one attached hydrogen (secondary N) is 2. The Morgan fingerprint density at radius 3 is 2.30 bits per heavy atom. The Labute approximate surface area is 179 Å². The van der Waals surface area contributed by atoms with Crippen LogP contribution in [0.2, 0.25) is 0 Å². The molecule has 0 aliphatic rings. The van der Waals surface area contributed by atoms with Crippen molar-refractivity contribution in [2.75, 3.05) is 20.3 Å². The van der Waals surface area contributed by atoms with E-state index in [2.05, 4.69) is 10.6 Å². The second-order valence-corrected chi connectivity index (χ2v) is 8.56. The van der Waals surface area contributed by atoms with Gasteiger partial charge in [-0.3, -0.25) is 4.79 Å². The lowest BCUT2D eigenvalue weighted by atomic mass is 10.0. The molecule has 2 atom stereocenters. The van der Waals surface area contributed by atoms with Crippen molar-refractivity contribution >= 4 is 12.0 Å². The molecule has 0 aliphatic heterocycles. The Morgan fingerprint density at radius 1 is 1.10 bits per heavy atom. The molecule has 1 aromatic carbocycles. The van der Waals surface area contributed by atoms with Crippen LogP contribution in [0.4, 0.5) is 4.79 Å². The minimum Gasteiger partial charge on any atom is -0.491 e. The minimum absolute atomic E-state index is 0.0157. The molecule has 170 valence electrons. The SMILES string of the molecule is COC(C)(C)C(=O)N[C@@H](CCCNC(=O)OC(C)(C)C)C(O)COc1ccccc1. The lowest BCUT2D eigenvalue weighted by Gasteiger charge is -2.29. The minimum atomic E-state index is -1.03. The molecule has 8 nitrogen and oxygen atoms in total. The highest BCUT2D eigenvalue weighted by Crippen LogP contribution is 2.13. The predicted molar refractivity (Wildman–Crippen MR) is 114 cm³/mol.